The van der Waals surface area contributed by atoms with E-state index >= 15 is 0 Å². The summed E-state index contributed by atoms with van der Waals surface area (Å²) in [6.45, 7) is 1.35. The maximum absolute atomic E-state index is 4.50. The van der Waals surface area contributed by atoms with E-state index in [-0.39, 0.29) is 0 Å². The lowest BCUT2D eigenvalue weighted by Crippen LogP contribution is -2.42. The Morgan fingerprint density at radius 3 is 1.31 bits per heavy atom. The zero-order valence-electron chi connectivity index (χ0n) is 16.1. The lowest BCUT2D eigenvalue weighted by molar-refractivity contribution is 0.848. The van der Waals surface area contributed by atoms with E-state index in [2.05, 4.69) is 92.9 Å². The molecule has 0 spiro atoms. The maximum Gasteiger partial charge on any atom is 0.214 e. The van der Waals surface area contributed by atoms with E-state index < -0.39 is 7.56 Å². The Morgan fingerprint density at radius 1 is 0.517 bits per heavy atom. The van der Waals surface area contributed by atoms with Gasteiger partial charge in [-0.3, -0.25) is 9.97 Å². The maximum atomic E-state index is 4.50. The summed E-state index contributed by atoms with van der Waals surface area (Å²) >= 11 is 0. The number of nitrogens with zero attached hydrogens (tertiary/aromatic N) is 2. The van der Waals surface area contributed by atoms with Crippen molar-refractivity contribution >= 4 is 18.2 Å². The molecule has 0 aliphatic rings. The molecule has 0 fully saturated rings. The van der Waals surface area contributed by atoms with Crippen molar-refractivity contribution in [2.45, 2.75) is 13.1 Å². The van der Waals surface area contributed by atoms with Crippen molar-refractivity contribution in [1.29, 1.82) is 0 Å². The van der Waals surface area contributed by atoms with Gasteiger partial charge >= 0.3 is 0 Å². The smallest absolute Gasteiger partial charge is 0.214 e. The number of hydrogen-bond donors (Lipinski definition) is 2. The van der Waals surface area contributed by atoms with Crippen LogP contribution in [0, 0.1) is 0 Å². The zero-order chi connectivity index (χ0) is 19.8. The topological polar surface area (TPSA) is 49.8 Å². The Hall–Kier alpha value is -2.91. The third kappa shape index (κ3) is 4.75. The summed E-state index contributed by atoms with van der Waals surface area (Å²) in [7, 11) is -2.11. The molecule has 4 aromatic rings. The van der Waals surface area contributed by atoms with Gasteiger partial charge in [-0.15, -0.1) is 0 Å². The van der Waals surface area contributed by atoms with Crippen LogP contribution in [0.15, 0.2) is 109 Å². The summed E-state index contributed by atoms with van der Waals surface area (Å²) in [5, 5.41) is 10.2. The largest absolute Gasteiger partial charge is 0.260 e. The molecule has 5 heteroatoms. The first-order chi connectivity index (χ1) is 14.4. The van der Waals surface area contributed by atoms with Crippen molar-refractivity contribution in [3.8, 4) is 0 Å². The van der Waals surface area contributed by atoms with Crippen LogP contribution in [0.4, 0.5) is 0 Å². The normalized spacial score (nSPS) is 11.3. The van der Waals surface area contributed by atoms with Crippen molar-refractivity contribution < 1.29 is 0 Å². The fourth-order valence-corrected chi connectivity index (χ4v) is 6.46. The monoisotopic (exact) mass is 399 g/mol. The van der Waals surface area contributed by atoms with Crippen LogP contribution in [-0.4, -0.2) is 9.97 Å². The molecule has 2 aromatic heterocycles. The van der Waals surface area contributed by atoms with Crippen LogP contribution in [0.2, 0.25) is 0 Å². The molecule has 2 aromatic carbocycles. The van der Waals surface area contributed by atoms with Crippen molar-refractivity contribution in [3.63, 3.8) is 0 Å². The molecule has 4 rings (SSSR count). The highest BCUT2D eigenvalue weighted by Crippen LogP contribution is 2.48. The quantitative estimate of drug-likeness (QED) is 0.442. The standard InChI is InChI=1S/C24H24N4P/c1-3-13-23(14-4-1)29(24-15-5-2-6-16-24,27-19-21-11-7-9-17-25-21)28-20-22-12-8-10-18-26-22/h1-18,27-28H,19-20H2/q+1. The molecular formula is C24H24N4P+. The van der Waals surface area contributed by atoms with Gasteiger partial charge in [-0.25, -0.2) is 0 Å². The van der Waals surface area contributed by atoms with Gasteiger partial charge in [-0.05, 0) is 48.5 Å². The summed E-state index contributed by atoms with van der Waals surface area (Å²) < 4.78 is 0. The number of nitrogens with one attached hydrogen (secondary N) is 2. The van der Waals surface area contributed by atoms with Crippen LogP contribution in [0.1, 0.15) is 11.4 Å². The van der Waals surface area contributed by atoms with E-state index in [0.717, 1.165) is 11.4 Å². The van der Waals surface area contributed by atoms with Crippen LogP contribution in [0.5, 0.6) is 0 Å². The first-order valence-electron chi connectivity index (χ1n) is 9.67. The Kier molecular flexibility index (Phi) is 6.38. The number of aromatic nitrogens is 2. The first-order valence-corrected chi connectivity index (χ1v) is 11.5. The molecule has 0 bridgehead atoms. The van der Waals surface area contributed by atoms with Crippen LogP contribution in [0.25, 0.3) is 0 Å². The molecule has 4 nitrogen and oxygen atoms in total. The van der Waals surface area contributed by atoms with E-state index in [1.54, 1.807) is 0 Å². The predicted octanol–water partition coefficient (Wildman–Crippen LogP) is 3.85. The van der Waals surface area contributed by atoms with Gasteiger partial charge in [0.05, 0.1) is 24.5 Å². The molecule has 0 atom stereocenters. The summed E-state index contributed by atoms with van der Waals surface area (Å²) in [5.41, 5.74) is 2.03. The zero-order valence-corrected chi connectivity index (χ0v) is 17.0. The van der Waals surface area contributed by atoms with Gasteiger partial charge in [0.1, 0.15) is 10.6 Å². The second-order valence-corrected chi connectivity index (χ2v) is 9.66. The lowest BCUT2D eigenvalue weighted by atomic mass is 10.4. The second kappa shape index (κ2) is 9.53. The molecule has 0 aliphatic carbocycles. The van der Waals surface area contributed by atoms with Gasteiger partial charge in [0.25, 0.3) is 0 Å². The summed E-state index contributed by atoms with van der Waals surface area (Å²) in [5.74, 6) is 0. The highest BCUT2D eigenvalue weighted by Gasteiger charge is 2.43. The molecule has 2 N–H and O–H groups in total. The predicted molar refractivity (Wildman–Crippen MR) is 121 cm³/mol. The third-order valence-electron chi connectivity index (χ3n) is 4.73. The molecule has 0 radical (unpaired) electrons. The van der Waals surface area contributed by atoms with Gasteiger partial charge < -0.3 is 0 Å². The Labute approximate surface area is 172 Å². The van der Waals surface area contributed by atoms with Gasteiger partial charge in [0, 0.05) is 12.4 Å². The number of benzene rings is 2. The average Bonchev–Trinajstić information content (AvgIpc) is 2.82. The molecule has 2 heterocycles. The fraction of sp³-hybridized carbons (Fsp3) is 0.0833. The molecule has 29 heavy (non-hydrogen) atoms. The highest BCUT2D eigenvalue weighted by molar-refractivity contribution is 7.86. The Morgan fingerprint density at radius 2 is 0.931 bits per heavy atom. The minimum atomic E-state index is -2.11. The van der Waals surface area contributed by atoms with Crippen molar-refractivity contribution in [1.82, 2.24) is 20.1 Å². The van der Waals surface area contributed by atoms with E-state index in [0.29, 0.717) is 13.1 Å². The van der Waals surface area contributed by atoms with Crippen molar-refractivity contribution in [2.75, 3.05) is 0 Å². The first kappa shape index (κ1) is 19.4. The number of pyridine rings is 2. The number of rotatable bonds is 8. The second-order valence-electron chi connectivity index (χ2n) is 6.65. The van der Waals surface area contributed by atoms with Gasteiger partial charge in [0.2, 0.25) is 7.56 Å². The Bertz CT molecular complexity index is 911. The number of hydrogen-bond acceptors (Lipinski definition) is 4. The molecule has 0 saturated heterocycles. The van der Waals surface area contributed by atoms with Crippen LogP contribution < -0.4 is 20.8 Å². The minimum Gasteiger partial charge on any atom is -0.260 e. The van der Waals surface area contributed by atoms with E-state index in [9.17, 15) is 0 Å². The molecule has 0 amide bonds. The summed E-state index contributed by atoms with van der Waals surface area (Å²) in [6, 6.07) is 33.3. The minimum absolute atomic E-state index is 0.674. The van der Waals surface area contributed by atoms with Gasteiger partial charge in [0.15, 0.2) is 0 Å². The molecule has 144 valence electrons. The molecule has 0 saturated carbocycles. The van der Waals surface area contributed by atoms with E-state index in [1.807, 2.05) is 36.7 Å². The summed E-state index contributed by atoms with van der Waals surface area (Å²) in [4.78, 5) is 9.01. The van der Waals surface area contributed by atoms with Crippen LogP contribution in [-0.2, 0) is 13.1 Å². The van der Waals surface area contributed by atoms with E-state index in [4.69, 9.17) is 0 Å². The highest BCUT2D eigenvalue weighted by atomic mass is 31.2. The van der Waals surface area contributed by atoms with Crippen LogP contribution in [0.3, 0.4) is 0 Å². The van der Waals surface area contributed by atoms with E-state index in [1.165, 1.54) is 10.6 Å². The fourth-order valence-electron chi connectivity index (χ4n) is 3.28. The summed E-state index contributed by atoms with van der Waals surface area (Å²) in [6.07, 6.45) is 3.67. The SMILES string of the molecule is c1ccc([P+](NCc2ccccn2)(NCc2ccccn2)c2ccccc2)cc1. The van der Waals surface area contributed by atoms with Gasteiger partial charge in [-0.2, -0.15) is 10.2 Å². The molecular weight excluding hydrogens is 375 g/mol. The van der Waals surface area contributed by atoms with Crippen molar-refractivity contribution in [3.05, 3.63) is 121 Å². The van der Waals surface area contributed by atoms with Crippen molar-refractivity contribution in [2.24, 2.45) is 0 Å². The Balaban J connectivity index is 1.73. The average molecular weight is 399 g/mol. The third-order valence-corrected chi connectivity index (χ3v) is 8.14. The molecule has 0 unspecified atom stereocenters. The molecule has 0 aliphatic heterocycles. The van der Waals surface area contributed by atoms with Gasteiger partial charge in [-0.1, -0.05) is 48.5 Å². The van der Waals surface area contributed by atoms with Crippen LogP contribution >= 0.6 is 7.56 Å². The lowest BCUT2D eigenvalue weighted by Gasteiger charge is -2.28.